The Labute approximate surface area is 108 Å². The third-order valence-corrected chi connectivity index (χ3v) is 2.88. The molecular weight excluding hydrogens is 222 g/mol. The van der Waals surface area contributed by atoms with Gasteiger partial charge in [0, 0.05) is 6.20 Å². The van der Waals surface area contributed by atoms with Gasteiger partial charge >= 0.3 is 0 Å². The topological polar surface area (TPSA) is 51.8 Å². The number of hydrogen-bond acceptors (Lipinski definition) is 3. The maximum absolute atomic E-state index is 6.23. The summed E-state index contributed by atoms with van der Waals surface area (Å²) in [6.45, 7) is 4.44. The van der Waals surface area contributed by atoms with E-state index in [1.165, 1.54) is 11.9 Å². The third-order valence-electron chi connectivity index (χ3n) is 2.88. The highest BCUT2D eigenvalue weighted by atomic mass is 14.8. The number of aromatic nitrogens is 2. The first kappa shape index (κ1) is 12.7. The van der Waals surface area contributed by atoms with Gasteiger partial charge in [-0.25, -0.2) is 9.97 Å². The average Bonchev–Trinajstić information content (AvgIpc) is 2.38. The first-order chi connectivity index (χ1) is 8.66. The molecule has 1 aromatic heterocycles. The molecule has 1 unspecified atom stereocenters. The zero-order valence-corrected chi connectivity index (χ0v) is 10.9. The lowest BCUT2D eigenvalue weighted by molar-refractivity contribution is 0.646. The van der Waals surface area contributed by atoms with Gasteiger partial charge in [-0.1, -0.05) is 38.1 Å². The Morgan fingerprint density at radius 3 is 2.72 bits per heavy atom. The molecule has 0 amide bonds. The molecule has 2 rings (SSSR count). The minimum atomic E-state index is -0.180. The van der Waals surface area contributed by atoms with Crippen LogP contribution in [0.3, 0.4) is 0 Å². The minimum absolute atomic E-state index is 0.180. The van der Waals surface area contributed by atoms with Crippen LogP contribution in [-0.4, -0.2) is 9.97 Å². The minimum Gasteiger partial charge on any atom is -0.319 e. The Hall–Kier alpha value is -1.74. The lowest BCUT2D eigenvalue weighted by Gasteiger charge is -2.13. The van der Waals surface area contributed by atoms with Gasteiger partial charge in [0.2, 0.25) is 0 Å². The summed E-state index contributed by atoms with van der Waals surface area (Å²) in [7, 11) is 0. The molecule has 0 aliphatic carbocycles. The number of nitrogens with zero attached hydrogens (tertiary/aromatic N) is 2. The molecular formula is C15H19N3. The summed E-state index contributed by atoms with van der Waals surface area (Å²) >= 11 is 0. The second-order valence-electron chi connectivity index (χ2n) is 4.95. The predicted octanol–water partition coefficient (Wildman–Crippen LogP) is 2.72. The van der Waals surface area contributed by atoms with E-state index >= 15 is 0 Å². The first-order valence-corrected chi connectivity index (χ1v) is 6.27. The molecule has 0 aliphatic heterocycles. The highest BCUT2D eigenvalue weighted by Crippen LogP contribution is 2.19. The molecule has 0 bridgehead atoms. The van der Waals surface area contributed by atoms with Crippen molar-refractivity contribution in [3.63, 3.8) is 0 Å². The van der Waals surface area contributed by atoms with Crippen LogP contribution in [0.15, 0.2) is 42.9 Å². The third kappa shape index (κ3) is 3.14. The number of rotatable bonds is 4. The number of nitrogens with two attached hydrogens (primary N) is 1. The van der Waals surface area contributed by atoms with E-state index in [2.05, 4.69) is 48.1 Å². The van der Waals surface area contributed by atoms with Crippen LogP contribution in [0.25, 0.3) is 0 Å². The summed E-state index contributed by atoms with van der Waals surface area (Å²) in [5, 5.41) is 0. The van der Waals surface area contributed by atoms with Crippen LogP contribution in [0.5, 0.6) is 0 Å². The predicted molar refractivity (Wildman–Crippen MR) is 73.0 cm³/mol. The van der Waals surface area contributed by atoms with Gasteiger partial charge in [0.1, 0.15) is 6.33 Å². The number of benzene rings is 1. The average molecular weight is 241 g/mol. The molecule has 3 heteroatoms. The maximum Gasteiger partial charge on any atom is 0.115 e. The molecule has 1 aromatic carbocycles. The quantitative estimate of drug-likeness (QED) is 0.895. The van der Waals surface area contributed by atoms with Gasteiger partial charge in [-0.2, -0.15) is 0 Å². The monoisotopic (exact) mass is 241 g/mol. The van der Waals surface area contributed by atoms with Gasteiger partial charge in [0.05, 0.1) is 11.7 Å². The molecule has 2 aromatic rings. The lowest BCUT2D eigenvalue weighted by atomic mass is 9.97. The molecule has 2 N–H and O–H groups in total. The Morgan fingerprint density at radius 2 is 2.06 bits per heavy atom. The zero-order chi connectivity index (χ0) is 13.0. The summed E-state index contributed by atoms with van der Waals surface area (Å²) in [6, 6.07) is 10.1. The van der Waals surface area contributed by atoms with Gasteiger partial charge in [-0.15, -0.1) is 0 Å². The van der Waals surface area contributed by atoms with E-state index in [9.17, 15) is 0 Å². The molecule has 1 atom stereocenters. The molecule has 1 heterocycles. The van der Waals surface area contributed by atoms with Crippen molar-refractivity contribution in [3.8, 4) is 0 Å². The highest BCUT2D eigenvalue weighted by Gasteiger charge is 2.10. The fourth-order valence-corrected chi connectivity index (χ4v) is 2.04. The smallest absolute Gasteiger partial charge is 0.115 e. The van der Waals surface area contributed by atoms with Crippen LogP contribution >= 0.6 is 0 Å². The summed E-state index contributed by atoms with van der Waals surface area (Å²) in [5.41, 5.74) is 9.51. The second kappa shape index (κ2) is 5.74. The van der Waals surface area contributed by atoms with Crippen LogP contribution in [-0.2, 0) is 6.42 Å². The summed E-state index contributed by atoms with van der Waals surface area (Å²) < 4.78 is 0. The Bertz CT molecular complexity index is 494. The van der Waals surface area contributed by atoms with E-state index in [0.29, 0.717) is 5.92 Å². The second-order valence-corrected chi connectivity index (χ2v) is 4.95. The van der Waals surface area contributed by atoms with E-state index in [1.54, 1.807) is 6.20 Å². The summed E-state index contributed by atoms with van der Waals surface area (Å²) in [4.78, 5) is 8.12. The van der Waals surface area contributed by atoms with Crippen molar-refractivity contribution < 1.29 is 0 Å². The van der Waals surface area contributed by atoms with Crippen LogP contribution in [0.2, 0.25) is 0 Å². The molecule has 18 heavy (non-hydrogen) atoms. The van der Waals surface area contributed by atoms with Gasteiger partial charge in [0.25, 0.3) is 0 Å². The first-order valence-electron chi connectivity index (χ1n) is 6.27. The van der Waals surface area contributed by atoms with Crippen molar-refractivity contribution in [3.05, 3.63) is 59.7 Å². The molecule has 0 aliphatic rings. The zero-order valence-electron chi connectivity index (χ0n) is 10.9. The van der Waals surface area contributed by atoms with Crippen LogP contribution in [0.1, 0.15) is 36.7 Å². The Balaban J connectivity index is 2.23. The van der Waals surface area contributed by atoms with E-state index < -0.39 is 0 Å². The van der Waals surface area contributed by atoms with Gasteiger partial charge in [-0.05, 0) is 29.5 Å². The van der Waals surface area contributed by atoms with Crippen molar-refractivity contribution in [1.29, 1.82) is 0 Å². The van der Waals surface area contributed by atoms with Gasteiger partial charge in [-0.3, -0.25) is 0 Å². The molecule has 0 fully saturated rings. The number of hydrogen-bond donors (Lipinski definition) is 1. The normalized spacial score (nSPS) is 12.7. The molecule has 3 nitrogen and oxygen atoms in total. The molecule has 94 valence electrons. The lowest BCUT2D eigenvalue weighted by Crippen LogP contribution is -2.13. The van der Waals surface area contributed by atoms with Gasteiger partial charge < -0.3 is 5.73 Å². The van der Waals surface area contributed by atoms with E-state index in [4.69, 9.17) is 5.73 Å². The van der Waals surface area contributed by atoms with E-state index in [-0.39, 0.29) is 6.04 Å². The van der Waals surface area contributed by atoms with Crippen LogP contribution in [0, 0.1) is 5.92 Å². The van der Waals surface area contributed by atoms with Crippen molar-refractivity contribution >= 4 is 0 Å². The maximum atomic E-state index is 6.23. The van der Waals surface area contributed by atoms with Crippen molar-refractivity contribution in [2.24, 2.45) is 11.7 Å². The Kier molecular flexibility index (Phi) is 4.05. The van der Waals surface area contributed by atoms with Crippen molar-refractivity contribution in [2.75, 3.05) is 0 Å². The molecule has 0 saturated carbocycles. The summed E-state index contributed by atoms with van der Waals surface area (Å²) in [5.74, 6) is 0.649. The van der Waals surface area contributed by atoms with Crippen molar-refractivity contribution in [2.45, 2.75) is 26.3 Å². The highest BCUT2D eigenvalue weighted by molar-refractivity contribution is 5.30. The van der Waals surface area contributed by atoms with Crippen LogP contribution in [0.4, 0.5) is 0 Å². The standard InChI is InChI=1S/C15H19N3/c1-11(2)8-12-4-3-5-13(9-12)15(16)14-6-7-17-10-18-14/h3-7,9-11,15H,8,16H2,1-2H3. The van der Waals surface area contributed by atoms with Crippen LogP contribution < -0.4 is 5.73 Å². The summed E-state index contributed by atoms with van der Waals surface area (Å²) in [6.07, 6.45) is 4.33. The van der Waals surface area contributed by atoms with Gasteiger partial charge in [0.15, 0.2) is 0 Å². The van der Waals surface area contributed by atoms with E-state index in [0.717, 1.165) is 17.7 Å². The molecule has 0 saturated heterocycles. The van der Waals surface area contributed by atoms with E-state index in [1.807, 2.05) is 6.07 Å². The molecule has 0 spiro atoms. The Morgan fingerprint density at radius 1 is 1.22 bits per heavy atom. The fraction of sp³-hybridized carbons (Fsp3) is 0.333. The fourth-order valence-electron chi connectivity index (χ4n) is 2.04. The SMILES string of the molecule is CC(C)Cc1cccc(C(N)c2ccncn2)c1. The van der Waals surface area contributed by atoms with Crippen molar-refractivity contribution in [1.82, 2.24) is 9.97 Å². The molecule has 0 radical (unpaired) electrons. The largest absolute Gasteiger partial charge is 0.319 e.